The van der Waals surface area contributed by atoms with E-state index < -0.39 is 5.25 Å². The van der Waals surface area contributed by atoms with Crippen molar-refractivity contribution in [3.05, 3.63) is 47.5 Å². The van der Waals surface area contributed by atoms with Crippen molar-refractivity contribution in [2.75, 3.05) is 30.1 Å². The number of methoxy groups -OCH3 is 1. The predicted molar refractivity (Wildman–Crippen MR) is 115 cm³/mol. The molecule has 0 saturated heterocycles. The molecule has 28 heavy (non-hydrogen) atoms. The summed E-state index contributed by atoms with van der Waals surface area (Å²) in [5.41, 5.74) is 1.18. The molecule has 0 aromatic heterocycles. The zero-order valence-corrected chi connectivity index (χ0v) is 17.5. The number of para-hydroxylation sites is 2. The first-order chi connectivity index (χ1) is 13.4. The molecule has 6 nitrogen and oxygen atoms in total. The fraction of sp³-hybridized carbons (Fsp3) is 0.300. The van der Waals surface area contributed by atoms with Crippen molar-refractivity contribution in [3.8, 4) is 11.5 Å². The Morgan fingerprint density at radius 2 is 1.89 bits per heavy atom. The summed E-state index contributed by atoms with van der Waals surface area (Å²) >= 11 is 7.30. The van der Waals surface area contributed by atoms with Gasteiger partial charge in [0.2, 0.25) is 11.8 Å². The van der Waals surface area contributed by atoms with E-state index in [1.54, 1.807) is 37.3 Å². The summed E-state index contributed by atoms with van der Waals surface area (Å²) in [6.45, 7) is 4.13. The third-order valence-corrected chi connectivity index (χ3v) is 5.15. The summed E-state index contributed by atoms with van der Waals surface area (Å²) in [6, 6.07) is 12.2. The molecule has 2 amide bonds. The van der Waals surface area contributed by atoms with Gasteiger partial charge < -0.3 is 20.1 Å². The Morgan fingerprint density at radius 3 is 2.57 bits per heavy atom. The van der Waals surface area contributed by atoms with Crippen LogP contribution in [0.5, 0.6) is 11.5 Å². The minimum Gasteiger partial charge on any atom is -0.495 e. The van der Waals surface area contributed by atoms with Gasteiger partial charge in [0.25, 0.3) is 0 Å². The van der Waals surface area contributed by atoms with Gasteiger partial charge in [-0.1, -0.05) is 23.7 Å². The van der Waals surface area contributed by atoms with E-state index in [2.05, 4.69) is 10.6 Å². The number of carbonyl (C=O) groups excluding carboxylic acids is 2. The van der Waals surface area contributed by atoms with Gasteiger partial charge in [-0.3, -0.25) is 9.59 Å². The van der Waals surface area contributed by atoms with Gasteiger partial charge in [-0.2, -0.15) is 0 Å². The summed E-state index contributed by atoms with van der Waals surface area (Å²) in [5, 5.41) is 5.58. The number of rotatable bonds is 9. The zero-order valence-electron chi connectivity index (χ0n) is 16.0. The lowest BCUT2D eigenvalue weighted by molar-refractivity contribution is -0.115. The Morgan fingerprint density at radius 1 is 1.14 bits per heavy atom. The van der Waals surface area contributed by atoms with Crippen molar-refractivity contribution < 1.29 is 19.1 Å². The SMILES string of the molecule is CCOc1ccccc1NC(=O)CS[C@H](C)C(=O)Nc1ccc(OC)c(Cl)c1. The average Bonchev–Trinajstić information content (AvgIpc) is 2.68. The topological polar surface area (TPSA) is 76.7 Å². The first-order valence-electron chi connectivity index (χ1n) is 8.72. The molecule has 8 heteroatoms. The van der Waals surface area contributed by atoms with Crippen molar-refractivity contribution in [1.82, 2.24) is 0 Å². The fourth-order valence-corrected chi connectivity index (χ4v) is 3.24. The van der Waals surface area contributed by atoms with E-state index in [9.17, 15) is 9.59 Å². The van der Waals surface area contributed by atoms with E-state index in [1.165, 1.54) is 18.9 Å². The lowest BCUT2D eigenvalue weighted by Gasteiger charge is -2.14. The Kier molecular flexibility index (Phi) is 8.47. The van der Waals surface area contributed by atoms with E-state index in [1.807, 2.05) is 19.1 Å². The van der Waals surface area contributed by atoms with Gasteiger partial charge in [0.05, 0.1) is 35.4 Å². The number of halogens is 1. The highest BCUT2D eigenvalue weighted by molar-refractivity contribution is 8.01. The molecule has 0 aliphatic rings. The van der Waals surface area contributed by atoms with Crippen LogP contribution in [0.3, 0.4) is 0 Å². The second-order valence-corrected chi connectivity index (χ2v) is 7.51. The Bertz CT molecular complexity index is 832. The summed E-state index contributed by atoms with van der Waals surface area (Å²) < 4.78 is 10.6. The third kappa shape index (κ3) is 6.35. The van der Waals surface area contributed by atoms with Crippen LogP contribution < -0.4 is 20.1 Å². The number of benzene rings is 2. The number of hydrogen-bond donors (Lipinski definition) is 2. The fourth-order valence-electron chi connectivity index (χ4n) is 2.30. The molecule has 2 rings (SSSR count). The standard InChI is InChI=1S/C20H23ClN2O4S/c1-4-27-18-8-6-5-7-16(18)23-19(24)12-28-13(2)20(25)22-14-9-10-17(26-3)15(21)11-14/h5-11,13H,4,12H2,1-3H3,(H,22,25)(H,23,24)/t13-/m1/s1. The molecular formula is C20H23ClN2O4S. The van der Waals surface area contributed by atoms with E-state index in [0.717, 1.165) is 0 Å². The highest BCUT2D eigenvalue weighted by Gasteiger charge is 2.17. The largest absolute Gasteiger partial charge is 0.495 e. The minimum absolute atomic E-state index is 0.137. The van der Waals surface area contributed by atoms with Crippen LogP contribution in [0, 0.1) is 0 Å². The number of thioether (sulfide) groups is 1. The van der Waals surface area contributed by atoms with Gasteiger partial charge in [0.1, 0.15) is 11.5 Å². The first kappa shape index (κ1) is 21.9. The van der Waals surface area contributed by atoms with Gasteiger partial charge in [0, 0.05) is 5.69 Å². The van der Waals surface area contributed by atoms with Crippen LogP contribution in [-0.4, -0.2) is 36.5 Å². The number of anilines is 2. The molecule has 0 heterocycles. The molecule has 0 aliphatic carbocycles. The molecule has 150 valence electrons. The van der Waals surface area contributed by atoms with Gasteiger partial charge in [-0.15, -0.1) is 11.8 Å². The molecule has 0 spiro atoms. The van der Waals surface area contributed by atoms with Crippen LogP contribution in [0.25, 0.3) is 0 Å². The Balaban J connectivity index is 1.85. The average molecular weight is 423 g/mol. The number of nitrogens with one attached hydrogen (secondary N) is 2. The van der Waals surface area contributed by atoms with E-state index >= 15 is 0 Å². The Hall–Kier alpha value is -2.38. The lowest BCUT2D eigenvalue weighted by Crippen LogP contribution is -2.25. The zero-order chi connectivity index (χ0) is 20.5. The predicted octanol–water partition coefficient (Wildman–Crippen LogP) is 4.45. The van der Waals surface area contributed by atoms with Crippen molar-refractivity contribution in [2.24, 2.45) is 0 Å². The number of amides is 2. The molecular weight excluding hydrogens is 400 g/mol. The molecule has 2 N–H and O–H groups in total. The second-order valence-electron chi connectivity index (χ2n) is 5.77. The van der Waals surface area contributed by atoms with E-state index in [4.69, 9.17) is 21.1 Å². The molecule has 0 saturated carbocycles. The highest BCUT2D eigenvalue weighted by Crippen LogP contribution is 2.28. The molecule has 0 aliphatic heterocycles. The van der Waals surface area contributed by atoms with Crippen LogP contribution in [0.2, 0.25) is 5.02 Å². The van der Waals surface area contributed by atoms with Crippen LogP contribution in [0.1, 0.15) is 13.8 Å². The molecule has 1 atom stereocenters. The normalized spacial score (nSPS) is 11.4. The molecule has 0 fully saturated rings. The van der Waals surface area contributed by atoms with Crippen molar-refractivity contribution >= 4 is 46.6 Å². The van der Waals surface area contributed by atoms with Crippen molar-refractivity contribution in [3.63, 3.8) is 0 Å². The number of hydrogen-bond acceptors (Lipinski definition) is 5. The summed E-state index contributed by atoms with van der Waals surface area (Å²) in [7, 11) is 1.52. The molecule has 2 aromatic carbocycles. The van der Waals surface area contributed by atoms with E-state index in [-0.39, 0.29) is 17.6 Å². The van der Waals surface area contributed by atoms with Crippen LogP contribution in [0.15, 0.2) is 42.5 Å². The maximum absolute atomic E-state index is 12.3. The third-order valence-electron chi connectivity index (χ3n) is 3.71. The lowest BCUT2D eigenvalue weighted by atomic mass is 10.3. The summed E-state index contributed by atoms with van der Waals surface area (Å²) in [6.07, 6.45) is 0. The van der Waals surface area contributed by atoms with Gasteiger partial charge in [-0.25, -0.2) is 0 Å². The minimum atomic E-state index is -0.422. The first-order valence-corrected chi connectivity index (χ1v) is 10.1. The van der Waals surface area contributed by atoms with Gasteiger partial charge >= 0.3 is 0 Å². The van der Waals surface area contributed by atoms with Crippen LogP contribution in [0.4, 0.5) is 11.4 Å². The van der Waals surface area contributed by atoms with Gasteiger partial charge in [-0.05, 0) is 44.2 Å². The molecule has 2 aromatic rings. The maximum Gasteiger partial charge on any atom is 0.237 e. The van der Waals surface area contributed by atoms with Crippen molar-refractivity contribution in [2.45, 2.75) is 19.1 Å². The van der Waals surface area contributed by atoms with E-state index in [0.29, 0.717) is 34.5 Å². The number of ether oxygens (including phenoxy) is 2. The maximum atomic E-state index is 12.3. The quantitative estimate of drug-likeness (QED) is 0.624. The molecule has 0 unspecified atom stereocenters. The second kappa shape index (κ2) is 10.8. The molecule has 0 radical (unpaired) electrons. The highest BCUT2D eigenvalue weighted by atomic mass is 35.5. The number of carbonyl (C=O) groups is 2. The monoisotopic (exact) mass is 422 g/mol. The smallest absolute Gasteiger partial charge is 0.237 e. The molecule has 0 bridgehead atoms. The van der Waals surface area contributed by atoms with Crippen LogP contribution >= 0.6 is 23.4 Å². The van der Waals surface area contributed by atoms with Crippen molar-refractivity contribution in [1.29, 1.82) is 0 Å². The summed E-state index contributed by atoms with van der Waals surface area (Å²) in [4.78, 5) is 24.5. The Labute approximate surface area is 173 Å². The van der Waals surface area contributed by atoms with Gasteiger partial charge in [0.15, 0.2) is 0 Å². The van der Waals surface area contributed by atoms with Crippen LogP contribution in [-0.2, 0) is 9.59 Å². The summed E-state index contributed by atoms with van der Waals surface area (Å²) in [5.74, 6) is 0.868.